The molecule has 0 saturated heterocycles. The van der Waals surface area contributed by atoms with Crippen LogP contribution < -0.4 is 15.8 Å². The normalized spacial score (nSPS) is 10.1. The largest absolute Gasteiger partial charge is 0.491 e. The number of anilines is 2. The summed E-state index contributed by atoms with van der Waals surface area (Å²) in [5, 5.41) is 5.03. The van der Waals surface area contributed by atoms with Crippen molar-refractivity contribution >= 4 is 28.1 Å². The van der Waals surface area contributed by atoms with Crippen LogP contribution in [0, 0.1) is 0 Å². The number of thiazole rings is 1. The van der Waals surface area contributed by atoms with Crippen molar-refractivity contribution in [2.75, 3.05) is 17.7 Å². The average Bonchev–Trinajstić information content (AvgIpc) is 2.84. The van der Waals surface area contributed by atoms with Crippen LogP contribution in [0.25, 0.3) is 0 Å². The number of hydrogen-bond acceptors (Lipinski definition) is 5. The number of hydrogen-bond donors (Lipinski definition) is 2. The van der Waals surface area contributed by atoms with Crippen molar-refractivity contribution in [2.45, 2.75) is 6.92 Å². The van der Waals surface area contributed by atoms with Gasteiger partial charge in [-0.05, 0) is 19.1 Å². The molecule has 0 aliphatic heterocycles. The lowest BCUT2D eigenvalue weighted by molar-refractivity contribution is 0.102. The molecule has 2 aromatic rings. The van der Waals surface area contributed by atoms with Gasteiger partial charge in [-0.25, -0.2) is 4.98 Å². The van der Waals surface area contributed by atoms with Crippen LogP contribution in [0.2, 0.25) is 0 Å². The van der Waals surface area contributed by atoms with Gasteiger partial charge >= 0.3 is 0 Å². The summed E-state index contributed by atoms with van der Waals surface area (Å²) in [6.07, 6.45) is 1.63. The third kappa shape index (κ3) is 2.60. The van der Waals surface area contributed by atoms with Gasteiger partial charge in [0.05, 0.1) is 17.9 Å². The zero-order valence-corrected chi connectivity index (χ0v) is 10.7. The van der Waals surface area contributed by atoms with Gasteiger partial charge in [-0.3, -0.25) is 10.1 Å². The first-order valence-corrected chi connectivity index (χ1v) is 6.32. The summed E-state index contributed by atoms with van der Waals surface area (Å²) in [4.78, 5) is 16.1. The second-order valence-electron chi connectivity index (χ2n) is 3.45. The molecule has 0 fully saturated rings. The van der Waals surface area contributed by atoms with Gasteiger partial charge in [-0.2, -0.15) is 0 Å². The van der Waals surface area contributed by atoms with E-state index in [1.54, 1.807) is 29.8 Å². The Hall–Kier alpha value is -2.08. The highest BCUT2D eigenvalue weighted by Crippen LogP contribution is 2.27. The van der Waals surface area contributed by atoms with Crippen LogP contribution in [0.15, 0.2) is 29.8 Å². The second-order valence-corrected chi connectivity index (χ2v) is 4.34. The number of ether oxygens (including phenoxy) is 1. The number of amides is 1. The monoisotopic (exact) mass is 263 g/mol. The van der Waals surface area contributed by atoms with E-state index in [1.807, 2.05) is 6.92 Å². The van der Waals surface area contributed by atoms with Crippen molar-refractivity contribution in [1.29, 1.82) is 0 Å². The van der Waals surface area contributed by atoms with Crippen molar-refractivity contribution in [2.24, 2.45) is 0 Å². The lowest BCUT2D eigenvalue weighted by atomic mass is 10.1. The van der Waals surface area contributed by atoms with Gasteiger partial charge in [0.15, 0.2) is 10.9 Å². The predicted molar refractivity (Wildman–Crippen MR) is 72.1 cm³/mol. The van der Waals surface area contributed by atoms with Gasteiger partial charge in [0.25, 0.3) is 5.91 Å². The summed E-state index contributed by atoms with van der Waals surface area (Å²) in [6.45, 7) is 2.29. The van der Waals surface area contributed by atoms with Crippen LogP contribution >= 0.6 is 11.3 Å². The smallest absolute Gasteiger partial charge is 0.261 e. The molecule has 0 unspecified atom stereocenters. The topological polar surface area (TPSA) is 77.2 Å². The van der Waals surface area contributed by atoms with Crippen molar-refractivity contribution in [3.05, 3.63) is 35.3 Å². The van der Waals surface area contributed by atoms with E-state index in [0.717, 1.165) is 0 Å². The molecule has 0 aliphatic rings. The summed E-state index contributed by atoms with van der Waals surface area (Å²) >= 11 is 1.35. The van der Waals surface area contributed by atoms with Gasteiger partial charge in [0, 0.05) is 11.6 Å². The number of carbonyl (C=O) groups is 1. The van der Waals surface area contributed by atoms with Gasteiger partial charge in [-0.15, -0.1) is 11.3 Å². The van der Waals surface area contributed by atoms with Gasteiger partial charge in [0.2, 0.25) is 0 Å². The highest BCUT2D eigenvalue weighted by molar-refractivity contribution is 7.13. The molecule has 0 bridgehead atoms. The van der Waals surface area contributed by atoms with Crippen LogP contribution in [0.1, 0.15) is 17.3 Å². The Bertz CT molecular complexity index is 540. The molecule has 2 rings (SSSR count). The number of nitrogens with one attached hydrogen (secondary N) is 1. The molecule has 6 heteroatoms. The first-order valence-electron chi connectivity index (χ1n) is 5.44. The minimum Gasteiger partial charge on any atom is -0.491 e. The number of carbonyl (C=O) groups excluding carboxylic acids is 1. The Morgan fingerprint density at radius 2 is 2.39 bits per heavy atom. The zero-order valence-electron chi connectivity index (χ0n) is 9.84. The molecule has 0 saturated carbocycles. The summed E-state index contributed by atoms with van der Waals surface area (Å²) in [5.41, 5.74) is 6.66. The summed E-state index contributed by atoms with van der Waals surface area (Å²) in [6, 6.07) is 5.09. The molecule has 0 atom stereocenters. The van der Waals surface area contributed by atoms with Crippen LogP contribution in [-0.2, 0) is 0 Å². The molecule has 0 spiro atoms. The van der Waals surface area contributed by atoms with E-state index in [2.05, 4.69) is 10.3 Å². The number of nitrogen functional groups attached to an aromatic ring is 1. The zero-order chi connectivity index (χ0) is 13.0. The highest BCUT2D eigenvalue weighted by Gasteiger charge is 2.15. The lowest BCUT2D eigenvalue weighted by Crippen LogP contribution is -2.14. The fraction of sp³-hybridized carbons (Fsp3) is 0.167. The van der Waals surface area contributed by atoms with E-state index in [0.29, 0.717) is 28.7 Å². The number of nitrogens with two attached hydrogens (primary N) is 1. The van der Waals surface area contributed by atoms with Gasteiger partial charge < -0.3 is 10.5 Å². The SMILES string of the molecule is CCOc1c(N)cccc1C(=O)Nc1nccs1. The van der Waals surface area contributed by atoms with Gasteiger partial charge in [-0.1, -0.05) is 6.07 Å². The summed E-state index contributed by atoms with van der Waals surface area (Å²) in [5.74, 6) is 0.134. The quantitative estimate of drug-likeness (QED) is 0.830. The number of aromatic nitrogens is 1. The molecule has 94 valence electrons. The van der Waals surface area contributed by atoms with Crippen LogP contribution in [0.3, 0.4) is 0 Å². The molecule has 3 N–H and O–H groups in total. The fourth-order valence-electron chi connectivity index (χ4n) is 1.49. The molecular weight excluding hydrogens is 250 g/mol. The van der Waals surface area contributed by atoms with Crippen molar-refractivity contribution < 1.29 is 9.53 Å². The van der Waals surface area contributed by atoms with E-state index in [1.165, 1.54) is 11.3 Å². The van der Waals surface area contributed by atoms with Crippen LogP contribution in [0.4, 0.5) is 10.8 Å². The fourth-order valence-corrected chi connectivity index (χ4v) is 2.01. The summed E-state index contributed by atoms with van der Waals surface area (Å²) < 4.78 is 5.41. The maximum absolute atomic E-state index is 12.1. The average molecular weight is 263 g/mol. The third-order valence-electron chi connectivity index (χ3n) is 2.23. The first-order chi connectivity index (χ1) is 8.72. The van der Waals surface area contributed by atoms with Crippen LogP contribution in [0.5, 0.6) is 5.75 Å². The molecule has 1 aromatic carbocycles. The first kappa shape index (κ1) is 12.4. The van der Waals surface area contributed by atoms with Crippen molar-refractivity contribution in [3.8, 4) is 5.75 Å². The molecule has 0 aliphatic carbocycles. The van der Waals surface area contributed by atoms with Crippen molar-refractivity contribution in [3.63, 3.8) is 0 Å². The number of benzene rings is 1. The summed E-state index contributed by atoms with van der Waals surface area (Å²) in [7, 11) is 0. The minimum atomic E-state index is -0.277. The Labute approximate surface area is 109 Å². The Morgan fingerprint density at radius 3 is 3.06 bits per heavy atom. The van der Waals surface area contributed by atoms with E-state index in [-0.39, 0.29) is 5.91 Å². The maximum Gasteiger partial charge on any atom is 0.261 e. The van der Waals surface area contributed by atoms with E-state index < -0.39 is 0 Å². The predicted octanol–water partition coefficient (Wildman–Crippen LogP) is 2.38. The molecule has 5 nitrogen and oxygen atoms in total. The molecule has 0 radical (unpaired) electrons. The maximum atomic E-state index is 12.1. The Morgan fingerprint density at radius 1 is 1.56 bits per heavy atom. The third-order valence-corrected chi connectivity index (χ3v) is 2.92. The number of rotatable bonds is 4. The number of nitrogens with zero attached hydrogens (tertiary/aromatic N) is 1. The molecule has 18 heavy (non-hydrogen) atoms. The lowest BCUT2D eigenvalue weighted by Gasteiger charge is -2.11. The van der Waals surface area contributed by atoms with Gasteiger partial charge in [0.1, 0.15) is 0 Å². The standard InChI is InChI=1S/C12H13N3O2S/c1-2-17-10-8(4-3-5-9(10)13)11(16)15-12-14-6-7-18-12/h3-7H,2,13H2,1H3,(H,14,15,16). The second kappa shape index (κ2) is 5.50. The van der Waals surface area contributed by atoms with Crippen LogP contribution in [-0.4, -0.2) is 17.5 Å². The molecule has 1 amide bonds. The van der Waals surface area contributed by atoms with Crippen molar-refractivity contribution in [1.82, 2.24) is 4.98 Å². The molecular formula is C12H13N3O2S. The number of para-hydroxylation sites is 1. The minimum absolute atomic E-state index is 0.277. The highest BCUT2D eigenvalue weighted by atomic mass is 32.1. The van der Waals surface area contributed by atoms with E-state index >= 15 is 0 Å². The Kier molecular flexibility index (Phi) is 3.78. The Balaban J connectivity index is 2.26. The molecule has 1 heterocycles. The van der Waals surface area contributed by atoms with E-state index in [9.17, 15) is 4.79 Å². The van der Waals surface area contributed by atoms with E-state index in [4.69, 9.17) is 10.5 Å². The molecule has 1 aromatic heterocycles.